The number of benzene rings is 3. The number of hydrogen-bond acceptors (Lipinski definition) is 6. The van der Waals surface area contributed by atoms with Gasteiger partial charge in [0.1, 0.15) is 18.7 Å². The molecule has 2 aliphatic rings. The Bertz CT molecular complexity index is 1760. The fraction of sp³-hybridized carbons (Fsp3) is 0.226. The van der Waals surface area contributed by atoms with Crippen LogP contribution in [0, 0.1) is 6.92 Å². The van der Waals surface area contributed by atoms with E-state index in [4.69, 9.17) is 16.3 Å². The second-order valence-corrected chi connectivity index (χ2v) is 11.7. The van der Waals surface area contributed by atoms with Gasteiger partial charge in [0.2, 0.25) is 0 Å². The molecule has 44 heavy (non-hydrogen) atoms. The predicted octanol–water partition coefficient (Wildman–Crippen LogP) is 8.17. The summed E-state index contributed by atoms with van der Waals surface area (Å²) in [7, 11) is 0. The van der Waals surface area contributed by atoms with E-state index in [1.807, 2.05) is 11.8 Å². The van der Waals surface area contributed by atoms with Crippen molar-refractivity contribution >= 4 is 40.3 Å². The van der Waals surface area contributed by atoms with E-state index in [0.717, 1.165) is 28.3 Å². The zero-order valence-electron chi connectivity index (χ0n) is 23.5. The largest absolute Gasteiger partial charge is 0.573 e. The van der Waals surface area contributed by atoms with Crippen LogP contribution in [0.1, 0.15) is 34.9 Å². The molecule has 2 atom stereocenters. The van der Waals surface area contributed by atoms with Crippen LogP contribution in [0.5, 0.6) is 5.75 Å². The number of halogens is 4. The average molecular weight is 640 g/mol. The second kappa shape index (κ2) is 12.0. The van der Waals surface area contributed by atoms with Crippen LogP contribution in [0.25, 0.3) is 17.1 Å². The van der Waals surface area contributed by atoms with Crippen molar-refractivity contribution in [1.82, 2.24) is 14.8 Å². The minimum atomic E-state index is -4.76. The first kappa shape index (κ1) is 29.8. The number of alkyl halides is 4. The van der Waals surface area contributed by atoms with E-state index in [9.17, 15) is 18.0 Å². The van der Waals surface area contributed by atoms with Crippen molar-refractivity contribution in [2.24, 2.45) is 4.99 Å². The Hall–Kier alpha value is -4.29. The lowest BCUT2D eigenvalue weighted by atomic mass is 9.93. The molecule has 0 saturated carbocycles. The number of amidine groups is 1. The van der Waals surface area contributed by atoms with Crippen LogP contribution >= 0.6 is 23.4 Å². The van der Waals surface area contributed by atoms with Gasteiger partial charge in [0, 0.05) is 22.9 Å². The van der Waals surface area contributed by atoms with E-state index >= 15 is 0 Å². The molecule has 8 nitrogen and oxygen atoms in total. The van der Waals surface area contributed by atoms with Crippen LogP contribution in [0.2, 0.25) is 0 Å². The molecule has 3 aromatic carbocycles. The number of aliphatic imine (C=N–C) groups is 1. The molecule has 13 heteroatoms. The number of carbonyl (C=O) groups excluding carboxylic acids is 1. The van der Waals surface area contributed by atoms with Gasteiger partial charge >= 0.3 is 12.5 Å². The van der Waals surface area contributed by atoms with Crippen molar-refractivity contribution in [3.63, 3.8) is 0 Å². The number of amides is 1. The molecular formula is C31H25ClF3N5O3S. The molecule has 0 radical (unpaired) electrons. The van der Waals surface area contributed by atoms with E-state index in [-0.39, 0.29) is 18.3 Å². The first-order valence-electron chi connectivity index (χ1n) is 13.6. The highest BCUT2D eigenvalue weighted by Gasteiger charge is 2.34. The smallest absolute Gasteiger partial charge is 0.446 e. The number of nitrogens with zero attached hydrogens (tertiary/aromatic N) is 5. The zero-order chi connectivity index (χ0) is 31.0. The number of fused-ring (bicyclic) bond motifs is 3. The first-order chi connectivity index (χ1) is 21.0. The SMILES string of the molecule is Cc1ccc2c(c1)N1C(=CC2C)CSC1=NC(=O)OCC(Cl)c1ccc(-c2ncn(-c3ccc(OC(F)(F)F)cc3)n2)cc1. The van der Waals surface area contributed by atoms with Crippen LogP contribution in [-0.2, 0) is 4.74 Å². The highest BCUT2D eigenvalue weighted by molar-refractivity contribution is 8.14. The van der Waals surface area contributed by atoms with Crippen molar-refractivity contribution in [3.8, 4) is 22.8 Å². The molecule has 1 aromatic heterocycles. The maximum absolute atomic E-state index is 12.7. The Morgan fingerprint density at radius 1 is 1.14 bits per heavy atom. The van der Waals surface area contributed by atoms with Gasteiger partial charge in [0.25, 0.3) is 0 Å². The van der Waals surface area contributed by atoms with Crippen molar-refractivity contribution in [3.05, 3.63) is 102 Å². The van der Waals surface area contributed by atoms with Crippen molar-refractivity contribution in [2.45, 2.75) is 31.5 Å². The number of aromatic nitrogens is 3. The van der Waals surface area contributed by atoms with Gasteiger partial charge in [-0.15, -0.1) is 29.9 Å². The molecule has 2 unspecified atom stereocenters. The number of ether oxygens (including phenoxy) is 2. The molecule has 4 aromatic rings. The van der Waals surface area contributed by atoms with E-state index in [0.29, 0.717) is 22.2 Å². The van der Waals surface area contributed by atoms with Crippen LogP contribution in [0.3, 0.4) is 0 Å². The Kier molecular flexibility index (Phi) is 8.12. The second-order valence-electron chi connectivity index (χ2n) is 10.2. The van der Waals surface area contributed by atoms with Crippen molar-refractivity contribution in [2.75, 3.05) is 17.3 Å². The fourth-order valence-corrected chi connectivity index (χ4v) is 6.17. The first-order valence-corrected chi connectivity index (χ1v) is 15.0. The number of aryl methyl sites for hydroxylation is 1. The van der Waals surface area contributed by atoms with Crippen LogP contribution in [0.15, 0.2) is 89.8 Å². The highest BCUT2D eigenvalue weighted by Crippen LogP contribution is 2.43. The number of anilines is 1. The molecule has 2 aliphatic heterocycles. The lowest BCUT2D eigenvalue weighted by molar-refractivity contribution is -0.274. The third-order valence-electron chi connectivity index (χ3n) is 7.08. The van der Waals surface area contributed by atoms with Gasteiger partial charge in [-0.25, -0.2) is 14.5 Å². The third-order valence-corrected chi connectivity index (χ3v) is 8.43. The third kappa shape index (κ3) is 6.46. The molecule has 1 amide bonds. The average Bonchev–Trinajstić information content (AvgIpc) is 3.63. The number of allylic oxidation sites excluding steroid dienone is 1. The van der Waals surface area contributed by atoms with Crippen LogP contribution in [0.4, 0.5) is 23.7 Å². The molecule has 226 valence electrons. The van der Waals surface area contributed by atoms with E-state index in [1.54, 1.807) is 24.3 Å². The van der Waals surface area contributed by atoms with Crippen molar-refractivity contribution in [1.29, 1.82) is 0 Å². The van der Waals surface area contributed by atoms with Crippen molar-refractivity contribution < 1.29 is 27.4 Å². The van der Waals surface area contributed by atoms with Gasteiger partial charge in [0.05, 0.1) is 16.8 Å². The summed E-state index contributed by atoms with van der Waals surface area (Å²) in [5.41, 5.74) is 6.39. The van der Waals surface area contributed by atoms with Gasteiger partial charge in [-0.3, -0.25) is 4.90 Å². The monoisotopic (exact) mass is 639 g/mol. The van der Waals surface area contributed by atoms with Crippen LogP contribution < -0.4 is 9.64 Å². The molecule has 0 bridgehead atoms. The highest BCUT2D eigenvalue weighted by atomic mass is 35.5. The topological polar surface area (TPSA) is 81.8 Å². The summed E-state index contributed by atoms with van der Waals surface area (Å²) in [5.74, 6) is 1.09. The van der Waals surface area contributed by atoms with Gasteiger partial charge in [-0.1, -0.05) is 61.2 Å². The molecule has 1 fully saturated rings. The summed E-state index contributed by atoms with van der Waals surface area (Å²) in [6.45, 7) is 4.12. The number of hydrogen-bond donors (Lipinski definition) is 0. The number of carbonyl (C=O) groups is 1. The van der Waals surface area contributed by atoms with E-state index < -0.39 is 17.8 Å². The maximum atomic E-state index is 12.7. The maximum Gasteiger partial charge on any atom is 0.573 e. The molecule has 3 heterocycles. The summed E-state index contributed by atoms with van der Waals surface area (Å²) in [6, 6.07) is 18.7. The fourth-order valence-electron chi connectivity index (χ4n) is 4.98. The quantitative estimate of drug-likeness (QED) is 0.197. The predicted molar refractivity (Wildman–Crippen MR) is 163 cm³/mol. The summed E-state index contributed by atoms with van der Waals surface area (Å²) in [4.78, 5) is 23.3. The van der Waals surface area contributed by atoms with Gasteiger partial charge in [-0.2, -0.15) is 4.99 Å². The van der Waals surface area contributed by atoms with E-state index in [1.165, 1.54) is 52.6 Å². The summed E-state index contributed by atoms with van der Waals surface area (Å²) in [5, 5.41) is 4.37. The van der Waals surface area contributed by atoms with Gasteiger partial charge in [-0.05, 0) is 53.9 Å². The summed E-state index contributed by atoms with van der Waals surface area (Å²) < 4.78 is 48.0. The van der Waals surface area contributed by atoms with Gasteiger partial charge in [0.15, 0.2) is 11.0 Å². The molecule has 1 saturated heterocycles. The van der Waals surface area contributed by atoms with Gasteiger partial charge < -0.3 is 9.47 Å². The molecule has 0 aliphatic carbocycles. The Balaban J connectivity index is 1.07. The zero-order valence-corrected chi connectivity index (χ0v) is 25.0. The lowest BCUT2D eigenvalue weighted by Gasteiger charge is -2.30. The molecule has 6 rings (SSSR count). The molecule has 0 spiro atoms. The minimum Gasteiger partial charge on any atom is -0.446 e. The lowest BCUT2D eigenvalue weighted by Crippen LogP contribution is -2.27. The normalized spacial score (nSPS) is 17.6. The summed E-state index contributed by atoms with van der Waals surface area (Å²) >= 11 is 8.04. The summed E-state index contributed by atoms with van der Waals surface area (Å²) in [6.07, 6.45) is -1.82. The Labute approximate surface area is 260 Å². The number of rotatable bonds is 6. The minimum absolute atomic E-state index is 0.0719. The Morgan fingerprint density at radius 3 is 2.61 bits per heavy atom. The van der Waals surface area contributed by atoms with E-state index in [2.05, 4.69) is 51.0 Å². The number of thioether (sulfide) groups is 1. The van der Waals surface area contributed by atoms with Crippen LogP contribution in [-0.4, -0.2) is 44.7 Å². The molecular weight excluding hydrogens is 615 g/mol. The molecule has 0 N–H and O–H groups in total. The standard InChI is InChI=1S/C31H25ClF3N5O3S/c1-18-3-12-25-19(2)14-23-16-44-29(40(23)27(25)13-18)37-30(41)42-15-26(32)20-4-6-21(7-5-20)28-36-17-39(38-28)22-8-10-24(11-9-22)43-31(33,34)35/h3-14,17,19,26H,15-16H2,1-2H3. The Morgan fingerprint density at radius 2 is 1.89 bits per heavy atom.